The lowest BCUT2D eigenvalue weighted by Gasteiger charge is -2.32. The van der Waals surface area contributed by atoms with Crippen LogP contribution in [0.1, 0.15) is 30.1 Å². The van der Waals surface area contributed by atoms with Crippen molar-refractivity contribution in [2.24, 2.45) is 5.90 Å². The first-order valence-electron chi connectivity index (χ1n) is 5.92. The lowest BCUT2D eigenvalue weighted by atomic mass is 10.1. The van der Waals surface area contributed by atoms with Crippen LogP contribution in [0.3, 0.4) is 0 Å². The summed E-state index contributed by atoms with van der Waals surface area (Å²) in [5, 5.41) is 0. The first kappa shape index (κ1) is 12.1. The summed E-state index contributed by atoms with van der Waals surface area (Å²) in [6.45, 7) is 3.47. The fraction of sp³-hybridized carbons (Fsp3) is 0.462. The van der Waals surface area contributed by atoms with Gasteiger partial charge in [-0.2, -0.15) is 0 Å². The van der Waals surface area contributed by atoms with Crippen LogP contribution in [0.4, 0.5) is 5.69 Å². The van der Waals surface area contributed by atoms with Crippen LogP contribution >= 0.6 is 0 Å². The molecule has 17 heavy (non-hydrogen) atoms. The van der Waals surface area contributed by atoms with Gasteiger partial charge in [-0.15, -0.1) is 0 Å². The van der Waals surface area contributed by atoms with Crippen LogP contribution in [0.25, 0.3) is 0 Å². The Morgan fingerprint density at radius 1 is 1.29 bits per heavy atom. The molecule has 0 unspecified atom stereocenters. The van der Waals surface area contributed by atoms with Gasteiger partial charge in [-0.3, -0.25) is 4.79 Å². The van der Waals surface area contributed by atoms with Gasteiger partial charge in [-0.1, -0.05) is 0 Å². The average Bonchev–Trinajstić information content (AvgIpc) is 2.39. The predicted octanol–water partition coefficient (Wildman–Crippen LogP) is 1.75. The van der Waals surface area contributed by atoms with Crippen molar-refractivity contribution < 1.29 is 9.63 Å². The van der Waals surface area contributed by atoms with Gasteiger partial charge >= 0.3 is 0 Å². The van der Waals surface area contributed by atoms with E-state index in [0.717, 1.165) is 37.2 Å². The molecule has 0 bridgehead atoms. The van der Waals surface area contributed by atoms with Crippen LogP contribution in [-0.4, -0.2) is 25.0 Å². The van der Waals surface area contributed by atoms with Crippen molar-refractivity contribution in [2.75, 3.05) is 18.0 Å². The molecular weight excluding hydrogens is 216 g/mol. The van der Waals surface area contributed by atoms with Gasteiger partial charge in [-0.25, -0.2) is 5.90 Å². The third kappa shape index (κ3) is 2.84. The standard InChI is InChI=1S/C13H18N2O2/c1-10(16)11-2-4-12(5-3-11)15-8-6-13(17-14)7-9-15/h2-5,13H,6-9,14H2,1H3. The third-order valence-electron chi connectivity index (χ3n) is 3.27. The van der Waals surface area contributed by atoms with Crippen molar-refractivity contribution in [1.29, 1.82) is 0 Å². The molecule has 0 aromatic heterocycles. The molecule has 1 aromatic rings. The number of hydrogen-bond donors (Lipinski definition) is 1. The summed E-state index contributed by atoms with van der Waals surface area (Å²) in [5.74, 6) is 5.29. The average molecular weight is 234 g/mol. The number of anilines is 1. The van der Waals surface area contributed by atoms with Crippen LogP contribution in [0.15, 0.2) is 24.3 Å². The summed E-state index contributed by atoms with van der Waals surface area (Å²) >= 11 is 0. The number of benzene rings is 1. The molecule has 0 saturated carbocycles. The lowest BCUT2D eigenvalue weighted by Crippen LogP contribution is -2.37. The number of carbonyl (C=O) groups excluding carboxylic acids is 1. The fourth-order valence-electron chi connectivity index (χ4n) is 2.16. The Balaban J connectivity index is 2.01. The first-order chi connectivity index (χ1) is 8.20. The highest BCUT2D eigenvalue weighted by Gasteiger charge is 2.19. The number of Topliss-reactive ketones (excluding diaryl/α,β-unsaturated/α-hetero) is 1. The van der Waals surface area contributed by atoms with Gasteiger partial charge in [0.05, 0.1) is 6.10 Å². The molecule has 2 rings (SSSR count). The summed E-state index contributed by atoms with van der Waals surface area (Å²) in [6, 6.07) is 7.76. The predicted molar refractivity (Wildman–Crippen MR) is 67.0 cm³/mol. The molecule has 4 heteroatoms. The SMILES string of the molecule is CC(=O)c1ccc(N2CCC(ON)CC2)cc1. The first-order valence-corrected chi connectivity index (χ1v) is 5.92. The summed E-state index contributed by atoms with van der Waals surface area (Å²) in [6.07, 6.45) is 2.08. The molecule has 2 N–H and O–H groups in total. The summed E-state index contributed by atoms with van der Waals surface area (Å²) in [4.78, 5) is 18.3. The van der Waals surface area contributed by atoms with E-state index >= 15 is 0 Å². The van der Waals surface area contributed by atoms with Crippen molar-refractivity contribution in [3.05, 3.63) is 29.8 Å². The molecule has 0 amide bonds. The van der Waals surface area contributed by atoms with Crippen LogP contribution in [0.5, 0.6) is 0 Å². The second kappa shape index (κ2) is 5.29. The van der Waals surface area contributed by atoms with E-state index in [0.29, 0.717) is 0 Å². The van der Waals surface area contributed by atoms with Crippen molar-refractivity contribution in [1.82, 2.24) is 0 Å². The summed E-state index contributed by atoms with van der Waals surface area (Å²) in [7, 11) is 0. The number of ketones is 1. The van der Waals surface area contributed by atoms with Gasteiger partial charge in [0, 0.05) is 24.3 Å². The highest BCUT2D eigenvalue weighted by atomic mass is 16.6. The minimum absolute atomic E-state index is 0.104. The van der Waals surface area contributed by atoms with Crippen LogP contribution in [0.2, 0.25) is 0 Å². The molecule has 4 nitrogen and oxygen atoms in total. The Bertz CT molecular complexity index is 381. The normalized spacial score (nSPS) is 17.2. The van der Waals surface area contributed by atoms with E-state index in [-0.39, 0.29) is 11.9 Å². The molecule has 1 aliphatic rings. The molecule has 1 saturated heterocycles. The van der Waals surface area contributed by atoms with Crippen LogP contribution < -0.4 is 10.8 Å². The largest absolute Gasteiger partial charge is 0.371 e. The highest BCUT2D eigenvalue weighted by Crippen LogP contribution is 2.21. The van der Waals surface area contributed by atoms with E-state index in [4.69, 9.17) is 10.7 Å². The Kier molecular flexibility index (Phi) is 3.76. The van der Waals surface area contributed by atoms with Crippen molar-refractivity contribution in [3.8, 4) is 0 Å². The molecule has 1 aliphatic heterocycles. The van der Waals surface area contributed by atoms with Gasteiger partial charge in [0.1, 0.15) is 0 Å². The molecule has 1 aromatic carbocycles. The van der Waals surface area contributed by atoms with Gasteiger partial charge in [-0.05, 0) is 44.0 Å². The minimum Gasteiger partial charge on any atom is -0.371 e. The zero-order valence-electron chi connectivity index (χ0n) is 10.1. The third-order valence-corrected chi connectivity index (χ3v) is 3.27. The number of carbonyl (C=O) groups is 1. The van der Waals surface area contributed by atoms with Crippen molar-refractivity contribution in [2.45, 2.75) is 25.9 Å². The Morgan fingerprint density at radius 3 is 2.35 bits per heavy atom. The lowest BCUT2D eigenvalue weighted by molar-refractivity contribution is 0.0368. The van der Waals surface area contributed by atoms with Crippen LogP contribution in [-0.2, 0) is 4.84 Å². The Labute approximate surface area is 101 Å². The monoisotopic (exact) mass is 234 g/mol. The maximum absolute atomic E-state index is 11.2. The van der Waals surface area contributed by atoms with Gasteiger partial charge < -0.3 is 9.74 Å². The summed E-state index contributed by atoms with van der Waals surface area (Å²) in [5.41, 5.74) is 1.92. The van der Waals surface area contributed by atoms with Crippen molar-refractivity contribution in [3.63, 3.8) is 0 Å². The maximum Gasteiger partial charge on any atom is 0.159 e. The fourth-order valence-corrected chi connectivity index (χ4v) is 2.16. The second-order valence-electron chi connectivity index (χ2n) is 4.43. The maximum atomic E-state index is 11.2. The smallest absolute Gasteiger partial charge is 0.159 e. The zero-order chi connectivity index (χ0) is 12.3. The number of nitrogens with zero attached hydrogens (tertiary/aromatic N) is 1. The summed E-state index contributed by atoms with van der Waals surface area (Å²) < 4.78 is 0. The quantitative estimate of drug-likeness (QED) is 0.639. The van der Waals surface area contributed by atoms with Crippen molar-refractivity contribution >= 4 is 11.5 Å². The zero-order valence-corrected chi connectivity index (χ0v) is 10.1. The van der Waals surface area contributed by atoms with E-state index in [9.17, 15) is 4.79 Å². The molecule has 0 spiro atoms. The van der Waals surface area contributed by atoms with Gasteiger partial charge in [0.2, 0.25) is 0 Å². The van der Waals surface area contributed by atoms with E-state index in [2.05, 4.69) is 4.90 Å². The van der Waals surface area contributed by atoms with E-state index in [1.165, 1.54) is 0 Å². The molecule has 0 atom stereocenters. The highest BCUT2D eigenvalue weighted by molar-refractivity contribution is 5.94. The van der Waals surface area contributed by atoms with E-state index in [1.807, 2.05) is 24.3 Å². The van der Waals surface area contributed by atoms with Gasteiger partial charge in [0.15, 0.2) is 5.78 Å². The molecule has 1 fully saturated rings. The van der Waals surface area contributed by atoms with E-state index < -0.39 is 0 Å². The molecular formula is C13H18N2O2. The van der Waals surface area contributed by atoms with Gasteiger partial charge in [0.25, 0.3) is 0 Å². The number of nitrogens with two attached hydrogens (primary N) is 1. The van der Waals surface area contributed by atoms with Crippen LogP contribution in [0, 0.1) is 0 Å². The molecule has 92 valence electrons. The Morgan fingerprint density at radius 2 is 1.88 bits per heavy atom. The Hall–Kier alpha value is -1.39. The number of rotatable bonds is 3. The number of hydrogen-bond acceptors (Lipinski definition) is 4. The minimum atomic E-state index is 0.104. The second-order valence-corrected chi connectivity index (χ2v) is 4.43. The molecule has 0 radical (unpaired) electrons. The topological polar surface area (TPSA) is 55.6 Å². The van der Waals surface area contributed by atoms with E-state index in [1.54, 1.807) is 6.92 Å². The number of piperidine rings is 1. The molecule has 0 aliphatic carbocycles. The molecule has 1 heterocycles.